The van der Waals surface area contributed by atoms with Gasteiger partial charge in [-0.3, -0.25) is 0 Å². The molecular weight excluding hydrogens is 184 g/mol. The number of halogens is 2. The molecule has 2 unspecified atom stereocenters. The third kappa shape index (κ3) is 2.94. The monoisotopic (exact) mass is 201 g/mol. The minimum atomic E-state index is -2.56. The van der Waals surface area contributed by atoms with Crippen LogP contribution in [0.3, 0.4) is 0 Å². The standard InChI is InChI=1S/C11H17F2N/c1-11(12,13)10-6-4-3-5-9(10)7-8-14-2/h9-10H,3-8H2,1H3. The Balaban J connectivity index is 2.56. The average molecular weight is 201 g/mol. The first-order valence-corrected chi connectivity index (χ1v) is 5.26. The summed E-state index contributed by atoms with van der Waals surface area (Å²) in [6.45, 7) is 8.10. The summed E-state index contributed by atoms with van der Waals surface area (Å²) in [5.41, 5.74) is 0. The van der Waals surface area contributed by atoms with Gasteiger partial charge < -0.3 is 4.85 Å². The summed E-state index contributed by atoms with van der Waals surface area (Å²) >= 11 is 0. The fourth-order valence-electron chi connectivity index (χ4n) is 2.45. The first kappa shape index (κ1) is 11.4. The Hall–Kier alpha value is -0.650. The van der Waals surface area contributed by atoms with Gasteiger partial charge in [-0.1, -0.05) is 12.8 Å². The largest absolute Gasteiger partial charge is 0.317 e. The zero-order valence-corrected chi connectivity index (χ0v) is 8.60. The first-order valence-electron chi connectivity index (χ1n) is 5.26. The highest BCUT2D eigenvalue weighted by Crippen LogP contribution is 2.41. The normalized spacial score (nSPS) is 28.4. The third-order valence-corrected chi connectivity index (χ3v) is 3.17. The SMILES string of the molecule is [C-]#[N+]CCC1CCCCC1C(C)(F)F. The summed E-state index contributed by atoms with van der Waals surface area (Å²) in [7, 11) is 0. The molecule has 0 aliphatic heterocycles. The summed E-state index contributed by atoms with van der Waals surface area (Å²) < 4.78 is 26.4. The molecule has 1 aliphatic rings. The molecule has 0 spiro atoms. The van der Waals surface area contributed by atoms with Crippen molar-refractivity contribution >= 4 is 0 Å². The lowest BCUT2D eigenvalue weighted by molar-refractivity contribution is -0.0774. The smallest absolute Gasteiger partial charge is 0.248 e. The van der Waals surface area contributed by atoms with Gasteiger partial charge in [0.25, 0.3) is 0 Å². The molecule has 1 saturated carbocycles. The molecule has 1 rings (SSSR count). The highest BCUT2D eigenvalue weighted by atomic mass is 19.3. The van der Waals surface area contributed by atoms with Crippen molar-refractivity contribution in [3.63, 3.8) is 0 Å². The van der Waals surface area contributed by atoms with E-state index in [2.05, 4.69) is 4.85 Å². The lowest BCUT2D eigenvalue weighted by Crippen LogP contribution is -2.34. The van der Waals surface area contributed by atoms with Crippen molar-refractivity contribution in [1.29, 1.82) is 0 Å². The van der Waals surface area contributed by atoms with Gasteiger partial charge in [0.15, 0.2) is 0 Å². The maximum Gasteiger partial charge on any atom is 0.248 e. The van der Waals surface area contributed by atoms with Crippen LogP contribution in [0.4, 0.5) is 8.78 Å². The van der Waals surface area contributed by atoms with E-state index in [0.717, 1.165) is 26.2 Å². The predicted octanol–water partition coefficient (Wildman–Crippen LogP) is 3.76. The van der Waals surface area contributed by atoms with Gasteiger partial charge in [0.2, 0.25) is 12.5 Å². The molecule has 2 atom stereocenters. The average Bonchev–Trinajstić information content (AvgIpc) is 2.14. The van der Waals surface area contributed by atoms with Crippen LogP contribution in [0.15, 0.2) is 0 Å². The highest BCUT2D eigenvalue weighted by molar-refractivity contribution is 4.84. The van der Waals surface area contributed by atoms with E-state index in [1.54, 1.807) is 0 Å². The fraction of sp³-hybridized carbons (Fsp3) is 0.909. The van der Waals surface area contributed by atoms with E-state index in [0.29, 0.717) is 19.4 Å². The maximum atomic E-state index is 13.2. The molecule has 1 aliphatic carbocycles. The van der Waals surface area contributed by atoms with Crippen LogP contribution >= 0.6 is 0 Å². The summed E-state index contributed by atoms with van der Waals surface area (Å²) in [5.74, 6) is -2.98. The minimum Gasteiger partial charge on any atom is -0.317 e. The van der Waals surface area contributed by atoms with Gasteiger partial charge in [-0.25, -0.2) is 15.4 Å². The van der Waals surface area contributed by atoms with Crippen LogP contribution in [0.5, 0.6) is 0 Å². The van der Waals surface area contributed by atoms with Crippen LogP contribution < -0.4 is 0 Å². The molecule has 80 valence electrons. The Labute approximate surface area is 84.3 Å². The van der Waals surface area contributed by atoms with Crippen molar-refractivity contribution in [2.75, 3.05) is 6.54 Å². The number of rotatable bonds is 3. The van der Waals surface area contributed by atoms with Crippen molar-refractivity contribution in [1.82, 2.24) is 0 Å². The molecule has 0 amide bonds. The number of alkyl halides is 2. The lowest BCUT2D eigenvalue weighted by atomic mass is 9.74. The van der Waals surface area contributed by atoms with Crippen LogP contribution in [0.25, 0.3) is 4.85 Å². The second-order valence-electron chi connectivity index (χ2n) is 4.28. The summed E-state index contributed by atoms with van der Waals surface area (Å²) in [5, 5.41) is 0. The molecule has 0 aromatic rings. The molecule has 3 heteroatoms. The van der Waals surface area contributed by atoms with E-state index in [4.69, 9.17) is 6.57 Å². The van der Waals surface area contributed by atoms with E-state index < -0.39 is 11.8 Å². The van der Waals surface area contributed by atoms with E-state index in [-0.39, 0.29) is 5.92 Å². The lowest BCUT2D eigenvalue weighted by Gasteiger charge is -2.34. The molecule has 0 N–H and O–H groups in total. The van der Waals surface area contributed by atoms with Gasteiger partial charge in [0.1, 0.15) is 0 Å². The van der Waals surface area contributed by atoms with Gasteiger partial charge in [-0.15, -0.1) is 0 Å². The van der Waals surface area contributed by atoms with Gasteiger partial charge in [0, 0.05) is 12.3 Å². The molecule has 0 aromatic heterocycles. The molecule has 14 heavy (non-hydrogen) atoms. The minimum absolute atomic E-state index is 0.0675. The quantitative estimate of drug-likeness (QED) is 0.612. The number of hydrogen-bond acceptors (Lipinski definition) is 0. The molecule has 0 radical (unpaired) electrons. The number of hydrogen-bond donors (Lipinski definition) is 0. The Bertz CT molecular complexity index is 214. The Morgan fingerprint density at radius 3 is 2.57 bits per heavy atom. The van der Waals surface area contributed by atoms with Crippen LogP contribution in [-0.4, -0.2) is 12.5 Å². The van der Waals surface area contributed by atoms with Gasteiger partial charge in [-0.2, -0.15) is 0 Å². The van der Waals surface area contributed by atoms with Crippen molar-refractivity contribution in [3.05, 3.63) is 11.4 Å². The Kier molecular flexibility index (Phi) is 3.86. The second-order valence-corrected chi connectivity index (χ2v) is 4.28. The van der Waals surface area contributed by atoms with E-state index in [1.165, 1.54) is 0 Å². The van der Waals surface area contributed by atoms with Crippen molar-refractivity contribution in [2.45, 2.75) is 45.0 Å². The fourth-order valence-corrected chi connectivity index (χ4v) is 2.45. The van der Waals surface area contributed by atoms with Crippen LogP contribution in [0.1, 0.15) is 39.0 Å². The van der Waals surface area contributed by atoms with Gasteiger partial charge >= 0.3 is 0 Å². The third-order valence-electron chi connectivity index (χ3n) is 3.17. The van der Waals surface area contributed by atoms with E-state index in [9.17, 15) is 8.78 Å². The molecule has 0 bridgehead atoms. The highest BCUT2D eigenvalue weighted by Gasteiger charge is 2.40. The van der Waals surface area contributed by atoms with Crippen LogP contribution in [-0.2, 0) is 0 Å². The number of nitrogens with zero attached hydrogens (tertiary/aromatic N) is 1. The second kappa shape index (κ2) is 4.72. The van der Waals surface area contributed by atoms with Crippen LogP contribution in [0.2, 0.25) is 0 Å². The molecular formula is C11H17F2N. The predicted molar refractivity (Wildman–Crippen MR) is 52.2 cm³/mol. The summed E-state index contributed by atoms with van der Waals surface area (Å²) in [6.07, 6.45) is 4.13. The zero-order valence-electron chi connectivity index (χ0n) is 8.60. The van der Waals surface area contributed by atoms with Crippen molar-refractivity contribution in [2.24, 2.45) is 11.8 Å². The maximum absolute atomic E-state index is 13.2. The van der Waals surface area contributed by atoms with Gasteiger partial charge in [0.05, 0.1) is 0 Å². The summed E-state index contributed by atoms with van der Waals surface area (Å²) in [6, 6.07) is 0. The molecule has 1 nitrogen and oxygen atoms in total. The Morgan fingerprint density at radius 2 is 2.00 bits per heavy atom. The topological polar surface area (TPSA) is 4.36 Å². The van der Waals surface area contributed by atoms with E-state index in [1.807, 2.05) is 0 Å². The molecule has 0 saturated heterocycles. The van der Waals surface area contributed by atoms with Crippen molar-refractivity contribution in [3.8, 4) is 0 Å². The van der Waals surface area contributed by atoms with Crippen molar-refractivity contribution < 1.29 is 8.78 Å². The Morgan fingerprint density at radius 1 is 1.36 bits per heavy atom. The zero-order chi connectivity index (χ0) is 10.6. The molecule has 0 aromatic carbocycles. The summed E-state index contributed by atoms with van der Waals surface area (Å²) in [4.78, 5) is 3.25. The first-order chi connectivity index (χ1) is 6.55. The van der Waals surface area contributed by atoms with E-state index >= 15 is 0 Å². The van der Waals surface area contributed by atoms with Gasteiger partial charge in [-0.05, 0) is 25.7 Å². The molecule has 0 heterocycles. The van der Waals surface area contributed by atoms with Crippen LogP contribution in [0, 0.1) is 18.4 Å². The molecule has 1 fully saturated rings.